The number of ether oxygens (including phenoxy) is 1. The molecule has 0 aliphatic heterocycles. The van der Waals surface area contributed by atoms with E-state index in [-0.39, 0.29) is 5.92 Å². The van der Waals surface area contributed by atoms with E-state index in [1.54, 1.807) is 26.0 Å². The first-order valence-corrected chi connectivity index (χ1v) is 7.80. The van der Waals surface area contributed by atoms with Gasteiger partial charge in [-0.05, 0) is 24.3 Å². The van der Waals surface area contributed by atoms with Crippen LogP contribution < -0.4 is 0 Å². The van der Waals surface area contributed by atoms with Crippen LogP contribution in [0.5, 0.6) is 0 Å². The molecule has 0 heterocycles. The molecule has 0 aromatic heterocycles. The first-order valence-electron chi connectivity index (χ1n) is 6.58. The van der Waals surface area contributed by atoms with E-state index in [9.17, 15) is 4.79 Å². The van der Waals surface area contributed by atoms with Crippen LogP contribution in [0.15, 0.2) is 29.2 Å². The maximum Gasteiger partial charge on any atom is 0.123 e. The molecule has 0 aliphatic carbocycles. The lowest BCUT2D eigenvalue weighted by atomic mass is 10.0. The molecule has 0 aliphatic rings. The molecule has 2 nitrogen and oxygen atoms in total. The van der Waals surface area contributed by atoms with E-state index in [1.807, 2.05) is 19.1 Å². The lowest BCUT2D eigenvalue weighted by Crippen LogP contribution is -2.01. The normalized spacial score (nSPS) is 10.4. The zero-order valence-electron chi connectivity index (χ0n) is 13.1. The topological polar surface area (TPSA) is 26.3 Å². The third-order valence-electron chi connectivity index (χ3n) is 1.97. The van der Waals surface area contributed by atoms with Crippen LogP contribution in [0.4, 0.5) is 0 Å². The Morgan fingerprint density at radius 2 is 1.74 bits per heavy atom. The Hall–Kier alpha value is -0.800. The van der Waals surface area contributed by atoms with Crippen molar-refractivity contribution in [3.63, 3.8) is 0 Å². The summed E-state index contributed by atoms with van der Waals surface area (Å²) in [6, 6.07) is 8.23. The van der Waals surface area contributed by atoms with E-state index < -0.39 is 0 Å². The number of methoxy groups -OCH3 is 1. The zero-order valence-corrected chi connectivity index (χ0v) is 13.9. The monoisotopic (exact) mass is 284 g/mol. The molecule has 1 aromatic rings. The molecule has 1 atom stereocenters. The molecule has 0 saturated heterocycles. The van der Waals surface area contributed by atoms with Crippen molar-refractivity contribution in [1.29, 1.82) is 0 Å². The summed E-state index contributed by atoms with van der Waals surface area (Å²) in [5, 5.41) is 0. The molecule has 0 bridgehead atoms. The Kier molecular flexibility index (Phi) is 16.5. The van der Waals surface area contributed by atoms with Gasteiger partial charge in [-0.15, -0.1) is 11.8 Å². The fraction of sp³-hybridized carbons (Fsp3) is 0.562. The molecule has 0 fully saturated rings. The summed E-state index contributed by atoms with van der Waals surface area (Å²) in [5.41, 5.74) is 1.27. The Labute approximate surface area is 122 Å². The SMILES string of the molecule is CCC.COC.CSc1ccccc1CC(C)C=O. The lowest BCUT2D eigenvalue weighted by Gasteiger charge is -2.08. The van der Waals surface area contributed by atoms with Crippen molar-refractivity contribution in [2.24, 2.45) is 5.92 Å². The maximum atomic E-state index is 10.5. The molecule has 0 N–H and O–H groups in total. The second-order valence-corrected chi connectivity index (χ2v) is 5.09. The van der Waals surface area contributed by atoms with Gasteiger partial charge in [-0.25, -0.2) is 0 Å². The second kappa shape index (κ2) is 15.3. The minimum absolute atomic E-state index is 0.119. The predicted octanol–water partition coefficient (Wildman–Crippen LogP) is 4.46. The number of benzene rings is 1. The van der Waals surface area contributed by atoms with Gasteiger partial charge in [0.25, 0.3) is 0 Å². The van der Waals surface area contributed by atoms with Crippen LogP contribution in [-0.2, 0) is 16.0 Å². The largest absolute Gasteiger partial charge is 0.388 e. The average Bonchev–Trinajstić information content (AvgIpc) is 2.41. The van der Waals surface area contributed by atoms with Crippen LogP contribution in [0.2, 0.25) is 0 Å². The highest BCUT2D eigenvalue weighted by Gasteiger charge is 2.05. The summed E-state index contributed by atoms with van der Waals surface area (Å²) < 4.78 is 4.25. The number of hydrogen-bond acceptors (Lipinski definition) is 3. The van der Waals surface area contributed by atoms with Gasteiger partial charge in [0.15, 0.2) is 0 Å². The summed E-state index contributed by atoms with van der Waals surface area (Å²) >= 11 is 1.73. The van der Waals surface area contributed by atoms with E-state index in [2.05, 4.69) is 37.0 Å². The Morgan fingerprint density at radius 1 is 1.26 bits per heavy atom. The number of carbonyl (C=O) groups is 1. The summed E-state index contributed by atoms with van der Waals surface area (Å²) in [5.74, 6) is 0.119. The molecule has 0 amide bonds. The van der Waals surface area contributed by atoms with Crippen molar-refractivity contribution in [1.82, 2.24) is 0 Å². The lowest BCUT2D eigenvalue weighted by molar-refractivity contribution is -0.110. The number of thioether (sulfide) groups is 1. The molecule has 110 valence electrons. The van der Waals surface area contributed by atoms with Gasteiger partial charge in [0.2, 0.25) is 0 Å². The highest BCUT2D eigenvalue weighted by molar-refractivity contribution is 7.98. The van der Waals surface area contributed by atoms with Gasteiger partial charge in [0.05, 0.1) is 0 Å². The summed E-state index contributed by atoms with van der Waals surface area (Å²) in [6.45, 7) is 6.20. The quantitative estimate of drug-likeness (QED) is 0.603. The number of hydrogen-bond donors (Lipinski definition) is 0. The smallest absolute Gasteiger partial charge is 0.123 e. The molecule has 1 unspecified atom stereocenters. The highest BCUT2D eigenvalue weighted by Crippen LogP contribution is 2.21. The van der Waals surface area contributed by atoms with Crippen molar-refractivity contribution < 1.29 is 9.53 Å². The van der Waals surface area contributed by atoms with E-state index in [4.69, 9.17) is 0 Å². The number of carbonyl (C=O) groups excluding carboxylic acids is 1. The molecular formula is C16H28O2S. The summed E-state index contributed by atoms with van der Waals surface area (Å²) in [6.07, 6.45) is 5.17. The molecule has 0 radical (unpaired) electrons. The van der Waals surface area contributed by atoms with Crippen LogP contribution >= 0.6 is 11.8 Å². The molecule has 1 aromatic carbocycles. The van der Waals surface area contributed by atoms with E-state index in [1.165, 1.54) is 16.9 Å². The van der Waals surface area contributed by atoms with E-state index >= 15 is 0 Å². The van der Waals surface area contributed by atoms with Crippen LogP contribution in [-0.4, -0.2) is 26.8 Å². The van der Waals surface area contributed by atoms with Crippen molar-refractivity contribution >= 4 is 18.0 Å². The van der Waals surface area contributed by atoms with Gasteiger partial charge in [-0.2, -0.15) is 0 Å². The van der Waals surface area contributed by atoms with Crippen LogP contribution in [0.25, 0.3) is 0 Å². The molecule has 3 heteroatoms. The third kappa shape index (κ3) is 12.0. The molecular weight excluding hydrogens is 256 g/mol. The Bertz CT molecular complexity index is 311. The van der Waals surface area contributed by atoms with Gasteiger partial charge < -0.3 is 9.53 Å². The van der Waals surface area contributed by atoms with Crippen molar-refractivity contribution in [2.75, 3.05) is 20.5 Å². The Balaban J connectivity index is 0. The predicted molar refractivity (Wildman–Crippen MR) is 86.1 cm³/mol. The number of rotatable bonds is 4. The van der Waals surface area contributed by atoms with E-state index in [0.29, 0.717) is 0 Å². The molecule has 1 rings (SSSR count). The molecule has 0 spiro atoms. The fourth-order valence-electron chi connectivity index (χ4n) is 1.27. The summed E-state index contributed by atoms with van der Waals surface area (Å²) in [4.78, 5) is 11.8. The van der Waals surface area contributed by atoms with Gasteiger partial charge in [0.1, 0.15) is 6.29 Å². The number of aldehydes is 1. The first-order chi connectivity index (χ1) is 9.10. The van der Waals surface area contributed by atoms with Gasteiger partial charge in [-0.1, -0.05) is 45.4 Å². The van der Waals surface area contributed by atoms with Gasteiger partial charge in [-0.3, -0.25) is 0 Å². The molecule has 0 saturated carbocycles. The van der Waals surface area contributed by atoms with Crippen LogP contribution in [0.3, 0.4) is 0 Å². The van der Waals surface area contributed by atoms with Crippen molar-refractivity contribution in [2.45, 2.75) is 38.5 Å². The average molecular weight is 284 g/mol. The van der Waals surface area contributed by atoms with Crippen molar-refractivity contribution in [3.8, 4) is 0 Å². The minimum atomic E-state index is 0.119. The van der Waals surface area contributed by atoms with Gasteiger partial charge >= 0.3 is 0 Å². The standard InChI is InChI=1S/C11H14OS.C3H8.C2H6O/c1-9(8-12)7-10-5-3-4-6-11(10)13-2;2*1-3-2/h3-6,8-9H,7H2,1-2H3;3H2,1-2H3;1-2H3. The van der Waals surface area contributed by atoms with Crippen LogP contribution in [0, 0.1) is 5.92 Å². The zero-order chi connectivity index (χ0) is 15.1. The maximum absolute atomic E-state index is 10.5. The fourth-order valence-corrected chi connectivity index (χ4v) is 1.89. The third-order valence-corrected chi connectivity index (χ3v) is 2.80. The first kappa shape index (κ1) is 20.5. The van der Waals surface area contributed by atoms with E-state index in [0.717, 1.165) is 12.7 Å². The van der Waals surface area contributed by atoms with Crippen molar-refractivity contribution in [3.05, 3.63) is 29.8 Å². The Morgan fingerprint density at radius 3 is 2.16 bits per heavy atom. The summed E-state index contributed by atoms with van der Waals surface area (Å²) in [7, 11) is 3.25. The highest BCUT2D eigenvalue weighted by atomic mass is 32.2. The van der Waals surface area contributed by atoms with Gasteiger partial charge in [0, 0.05) is 25.0 Å². The molecule has 19 heavy (non-hydrogen) atoms. The van der Waals surface area contributed by atoms with Crippen LogP contribution in [0.1, 0.15) is 32.8 Å². The second-order valence-electron chi connectivity index (χ2n) is 4.24. The minimum Gasteiger partial charge on any atom is -0.388 e.